The lowest BCUT2D eigenvalue weighted by Crippen LogP contribution is -2.03. The summed E-state index contributed by atoms with van der Waals surface area (Å²) < 4.78 is 5.07. The molecule has 0 fully saturated rings. The van der Waals surface area contributed by atoms with Gasteiger partial charge in [-0.15, -0.1) is 0 Å². The maximum atomic E-state index is 5.07. The first kappa shape index (κ1) is 7.31. The molecule has 2 N–H and O–H groups in total. The lowest BCUT2D eigenvalue weighted by atomic mass is 10.2. The van der Waals surface area contributed by atoms with Gasteiger partial charge in [0, 0.05) is 6.42 Å². The summed E-state index contributed by atoms with van der Waals surface area (Å²) in [7, 11) is 0. The summed E-state index contributed by atoms with van der Waals surface area (Å²) in [6.07, 6.45) is 2.49. The van der Waals surface area contributed by atoms with Crippen LogP contribution in [0.3, 0.4) is 0 Å². The van der Waals surface area contributed by atoms with Crippen molar-refractivity contribution in [3.05, 3.63) is 23.7 Å². The molecule has 0 amide bonds. The molecule has 0 aliphatic carbocycles. The number of furan rings is 1. The van der Waals surface area contributed by atoms with Crippen LogP contribution in [0.5, 0.6) is 0 Å². The topological polar surface area (TPSA) is 48.4 Å². The minimum Gasteiger partial charge on any atom is -0.469 e. The van der Waals surface area contributed by atoms with Gasteiger partial charge in [0.15, 0.2) is 0 Å². The van der Waals surface area contributed by atoms with E-state index >= 15 is 0 Å². The fourth-order valence-corrected chi connectivity index (χ4v) is 0.840. The molecule has 0 bridgehead atoms. The van der Waals surface area contributed by atoms with Gasteiger partial charge in [0.2, 0.25) is 0 Å². The molecule has 1 aromatic rings. The van der Waals surface area contributed by atoms with Crippen LogP contribution in [-0.4, -0.2) is 6.61 Å². The standard InChI is InChI=1S/C7H11NO2/c1-6-7(2-4-9-6)3-5-10-8/h2,4H,3,5,8H2,1H3. The summed E-state index contributed by atoms with van der Waals surface area (Å²) >= 11 is 0. The van der Waals surface area contributed by atoms with Gasteiger partial charge in [0.1, 0.15) is 5.76 Å². The van der Waals surface area contributed by atoms with Crippen molar-refractivity contribution >= 4 is 0 Å². The monoisotopic (exact) mass is 141 g/mol. The van der Waals surface area contributed by atoms with Crippen molar-refractivity contribution in [3.8, 4) is 0 Å². The molecule has 1 rings (SSSR count). The Kier molecular flexibility index (Phi) is 2.48. The van der Waals surface area contributed by atoms with Gasteiger partial charge < -0.3 is 9.25 Å². The van der Waals surface area contributed by atoms with Gasteiger partial charge in [-0.2, -0.15) is 0 Å². The van der Waals surface area contributed by atoms with Crippen LogP contribution < -0.4 is 5.90 Å². The summed E-state index contributed by atoms with van der Waals surface area (Å²) in [5.74, 6) is 5.81. The maximum Gasteiger partial charge on any atom is 0.103 e. The number of hydrogen-bond donors (Lipinski definition) is 1. The summed E-state index contributed by atoms with van der Waals surface area (Å²) in [4.78, 5) is 4.43. The molecule has 0 atom stereocenters. The quantitative estimate of drug-likeness (QED) is 0.639. The Morgan fingerprint density at radius 1 is 1.70 bits per heavy atom. The number of hydrogen-bond acceptors (Lipinski definition) is 3. The predicted molar refractivity (Wildman–Crippen MR) is 37.3 cm³/mol. The van der Waals surface area contributed by atoms with E-state index in [0.717, 1.165) is 17.7 Å². The predicted octanol–water partition coefficient (Wildman–Crippen LogP) is 1.02. The van der Waals surface area contributed by atoms with Crippen molar-refractivity contribution in [1.82, 2.24) is 0 Å². The van der Waals surface area contributed by atoms with Crippen LogP contribution in [0.2, 0.25) is 0 Å². The fourth-order valence-electron chi connectivity index (χ4n) is 0.840. The average Bonchev–Trinajstić information content (AvgIpc) is 2.31. The van der Waals surface area contributed by atoms with Crippen LogP contribution in [0, 0.1) is 6.92 Å². The van der Waals surface area contributed by atoms with Crippen LogP contribution in [0.15, 0.2) is 16.7 Å². The molecule has 0 spiro atoms. The van der Waals surface area contributed by atoms with E-state index in [-0.39, 0.29) is 0 Å². The van der Waals surface area contributed by atoms with E-state index in [2.05, 4.69) is 4.84 Å². The van der Waals surface area contributed by atoms with Gasteiger partial charge in [-0.3, -0.25) is 0 Å². The van der Waals surface area contributed by atoms with Crippen molar-refractivity contribution in [2.24, 2.45) is 5.90 Å². The summed E-state index contributed by atoms with van der Waals surface area (Å²) in [5, 5.41) is 0. The first-order chi connectivity index (χ1) is 4.84. The van der Waals surface area contributed by atoms with Crippen molar-refractivity contribution in [2.45, 2.75) is 13.3 Å². The van der Waals surface area contributed by atoms with Gasteiger partial charge >= 0.3 is 0 Å². The van der Waals surface area contributed by atoms with Crippen LogP contribution in [0.25, 0.3) is 0 Å². The molecular formula is C7H11NO2. The van der Waals surface area contributed by atoms with E-state index < -0.39 is 0 Å². The molecule has 0 aromatic carbocycles. The normalized spacial score (nSPS) is 10.2. The molecule has 0 saturated carbocycles. The zero-order valence-corrected chi connectivity index (χ0v) is 5.96. The number of rotatable bonds is 3. The van der Waals surface area contributed by atoms with Crippen molar-refractivity contribution in [2.75, 3.05) is 6.61 Å². The zero-order chi connectivity index (χ0) is 7.40. The van der Waals surface area contributed by atoms with Crippen molar-refractivity contribution in [3.63, 3.8) is 0 Å². The van der Waals surface area contributed by atoms with Crippen LogP contribution >= 0.6 is 0 Å². The average molecular weight is 141 g/mol. The first-order valence-corrected chi connectivity index (χ1v) is 3.19. The first-order valence-electron chi connectivity index (χ1n) is 3.19. The van der Waals surface area contributed by atoms with Gasteiger partial charge in [0.25, 0.3) is 0 Å². The highest BCUT2D eigenvalue weighted by Gasteiger charge is 1.98. The zero-order valence-electron chi connectivity index (χ0n) is 5.96. The van der Waals surface area contributed by atoms with Crippen molar-refractivity contribution < 1.29 is 9.25 Å². The lowest BCUT2D eigenvalue weighted by molar-refractivity contribution is 0.141. The highest BCUT2D eigenvalue weighted by Crippen LogP contribution is 2.08. The van der Waals surface area contributed by atoms with E-state index in [4.69, 9.17) is 10.3 Å². The van der Waals surface area contributed by atoms with Crippen LogP contribution in [-0.2, 0) is 11.3 Å². The Morgan fingerprint density at radius 3 is 3.00 bits per heavy atom. The smallest absolute Gasteiger partial charge is 0.103 e. The number of nitrogens with two attached hydrogens (primary N) is 1. The molecule has 1 heterocycles. The summed E-state index contributed by atoms with van der Waals surface area (Å²) in [6, 6.07) is 1.92. The van der Waals surface area contributed by atoms with Gasteiger partial charge in [-0.05, 0) is 18.6 Å². The third-order valence-electron chi connectivity index (χ3n) is 1.46. The number of aryl methyl sites for hydroxylation is 1. The second-order valence-corrected chi connectivity index (χ2v) is 2.12. The Hall–Kier alpha value is -0.800. The van der Waals surface area contributed by atoms with Crippen molar-refractivity contribution in [1.29, 1.82) is 0 Å². The third-order valence-corrected chi connectivity index (χ3v) is 1.46. The fraction of sp³-hybridized carbons (Fsp3) is 0.429. The molecule has 0 saturated heterocycles. The third kappa shape index (κ3) is 1.59. The van der Waals surface area contributed by atoms with Gasteiger partial charge in [-0.25, -0.2) is 5.90 Å². The Labute approximate surface area is 59.7 Å². The Bertz CT molecular complexity index is 195. The second-order valence-electron chi connectivity index (χ2n) is 2.12. The molecule has 0 aliphatic rings. The maximum absolute atomic E-state index is 5.07. The lowest BCUT2D eigenvalue weighted by Gasteiger charge is -1.95. The SMILES string of the molecule is Cc1occc1CCON. The van der Waals surface area contributed by atoms with E-state index in [1.165, 1.54) is 0 Å². The summed E-state index contributed by atoms with van der Waals surface area (Å²) in [6.45, 7) is 2.46. The molecule has 0 unspecified atom stereocenters. The molecular weight excluding hydrogens is 130 g/mol. The minimum absolute atomic E-state index is 0.542. The highest BCUT2D eigenvalue weighted by atomic mass is 16.6. The molecule has 3 heteroatoms. The van der Waals surface area contributed by atoms with E-state index in [1.54, 1.807) is 6.26 Å². The molecule has 0 aliphatic heterocycles. The summed E-state index contributed by atoms with van der Waals surface area (Å²) in [5.41, 5.74) is 1.16. The highest BCUT2D eigenvalue weighted by molar-refractivity contribution is 5.15. The largest absolute Gasteiger partial charge is 0.469 e. The van der Waals surface area contributed by atoms with E-state index in [9.17, 15) is 0 Å². The van der Waals surface area contributed by atoms with Gasteiger partial charge in [0.05, 0.1) is 12.9 Å². The van der Waals surface area contributed by atoms with Crippen LogP contribution in [0.1, 0.15) is 11.3 Å². The van der Waals surface area contributed by atoms with E-state index in [1.807, 2.05) is 13.0 Å². The van der Waals surface area contributed by atoms with Crippen LogP contribution in [0.4, 0.5) is 0 Å². The van der Waals surface area contributed by atoms with E-state index in [0.29, 0.717) is 6.61 Å². The molecule has 56 valence electrons. The molecule has 1 aromatic heterocycles. The molecule has 0 radical (unpaired) electrons. The second kappa shape index (κ2) is 3.39. The Balaban J connectivity index is 2.49. The minimum atomic E-state index is 0.542. The molecule has 3 nitrogen and oxygen atoms in total. The van der Waals surface area contributed by atoms with Gasteiger partial charge in [-0.1, -0.05) is 0 Å². The Morgan fingerprint density at radius 2 is 2.50 bits per heavy atom. The molecule has 10 heavy (non-hydrogen) atoms.